The summed E-state index contributed by atoms with van der Waals surface area (Å²) in [4.78, 5) is 0. The molecule has 2 aromatic rings. The van der Waals surface area contributed by atoms with E-state index in [4.69, 9.17) is 0 Å². The molecule has 3 heteroatoms. The number of rotatable bonds is 4. The highest BCUT2D eigenvalue weighted by molar-refractivity contribution is 5.29. The van der Waals surface area contributed by atoms with Crippen molar-refractivity contribution in [2.24, 2.45) is 0 Å². The van der Waals surface area contributed by atoms with Crippen LogP contribution in [0.1, 0.15) is 43.6 Å². The van der Waals surface area contributed by atoms with Crippen LogP contribution in [0.3, 0.4) is 0 Å². The average molecular weight is 271 g/mol. The summed E-state index contributed by atoms with van der Waals surface area (Å²) < 4.78 is 2.04. The average Bonchev–Trinajstić information content (AvgIpc) is 2.80. The number of nitrogens with zero attached hydrogens (tertiary/aromatic N) is 2. The van der Waals surface area contributed by atoms with Crippen LogP contribution in [0.15, 0.2) is 36.5 Å². The third-order valence-corrected chi connectivity index (χ3v) is 3.81. The van der Waals surface area contributed by atoms with Crippen LogP contribution in [-0.4, -0.2) is 16.8 Å². The van der Waals surface area contributed by atoms with Gasteiger partial charge in [0.05, 0.1) is 12.6 Å². The topological polar surface area (TPSA) is 29.9 Å². The molecule has 1 N–H and O–H groups in total. The Kier molecular flexibility index (Phi) is 4.29. The predicted octanol–water partition coefficient (Wildman–Crippen LogP) is 3.45. The van der Waals surface area contributed by atoms with Gasteiger partial charge in [-0.15, -0.1) is 0 Å². The smallest absolute Gasteiger partial charge is 0.0607 e. The summed E-state index contributed by atoms with van der Waals surface area (Å²) >= 11 is 0. The van der Waals surface area contributed by atoms with Crippen molar-refractivity contribution < 1.29 is 0 Å². The van der Waals surface area contributed by atoms with Crippen molar-refractivity contribution in [1.29, 1.82) is 0 Å². The molecule has 0 radical (unpaired) electrons. The second kappa shape index (κ2) is 5.80. The summed E-state index contributed by atoms with van der Waals surface area (Å²) in [5.74, 6) is 0. The summed E-state index contributed by atoms with van der Waals surface area (Å²) in [6.07, 6.45) is 1.85. The van der Waals surface area contributed by atoms with E-state index < -0.39 is 0 Å². The normalized spacial score (nSPS) is 13.4. The lowest BCUT2D eigenvalue weighted by Crippen LogP contribution is -2.23. The van der Waals surface area contributed by atoms with E-state index in [9.17, 15) is 0 Å². The molecule has 0 fully saturated rings. The molecule has 0 aliphatic carbocycles. The molecule has 0 saturated heterocycles. The molecule has 20 heavy (non-hydrogen) atoms. The number of benzene rings is 1. The molecule has 1 aromatic carbocycles. The largest absolute Gasteiger partial charge is 0.311 e. The fourth-order valence-electron chi connectivity index (χ4n) is 2.34. The summed E-state index contributed by atoms with van der Waals surface area (Å²) in [6.45, 7) is 9.66. The molecule has 108 valence electrons. The van der Waals surface area contributed by atoms with Gasteiger partial charge < -0.3 is 5.32 Å². The van der Waals surface area contributed by atoms with Crippen LogP contribution in [0.4, 0.5) is 0 Å². The molecular formula is C17H25N3. The van der Waals surface area contributed by atoms with E-state index >= 15 is 0 Å². The highest BCUT2D eigenvalue weighted by atomic mass is 15.3. The van der Waals surface area contributed by atoms with Crippen LogP contribution in [-0.2, 0) is 12.0 Å². The summed E-state index contributed by atoms with van der Waals surface area (Å²) in [6, 6.07) is 11.2. The van der Waals surface area contributed by atoms with Gasteiger partial charge in [-0.25, -0.2) is 0 Å². The van der Waals surface area contributed by atoms with Crippen LogP contribution in [0, 0.1) is 6.92 Å². The van der Waals surface area contributed by atoms with Crippen molar-refractivity contribution in [3.05, 3.63) is 53.3 Å². The van der Waals surface area contributed by atoms with E-state index in [0.29, 0.717) is 0 Å². The molecule has 0 saturated carbocycles. The third kappa shape index (κ3) is 3.28. The lowest BCUT2D eigenvalue weighted by Gasteiger charge is -2.22. The van der Waals surface area contributed by atoms with Crippen LogP contribution in [0.25, 0.3) is 0 Å². The maximum Gasteiger partial charge on any atom is 0.0607 e. The molecule has 0 aliphatic rings. The van der Waals surface area contributed by atoms with Gasteiger partial charge in [0, 0.05) is 11.9 Å². The maximum absolute atomic E-state index is 4.36. The molecular weight excluding hydrogens is 246 g/mol. The number of hydrogen-bond donors (Lipinski definition) is 1. The fourth-order valence-corrected chi connectivity index (χ4v) is 2.34. The Morgan fingerprint density at radius 1 is 1.15 bits per heavy atom. The third-order valence-electron chi connectivity index (χ3n) is 3.81. The molecule has 0 amide bonds. The minimum absolute atomic E-state index is 0.201. The second-order valence-corrected chi connectivity index (χ2v) is 6.37. The Morgan fingerprint density at radius 2 is 1.80 bits per heavy atom. The zero-order chi connectivity index (χ0) is 14.8. The SMILES string of the molecule is CNC(Cn1nccc1C)c1ccc(C(C)(C)C)cc1. The van der Waals surface area contributed by atoms with Crippen molar-refractivity contribution in [1.82, 2.24) is 15.1 Å². The van der Waals surface area contributed by atoms with E-state index in [1.807, 2.05) is 24.0 Å². The van der Waals surface area contributed by atoms with Crippen LogP contribution < -0.4 is 5.32 Å². The van der Waals surface area contributed by atoms with E-state index in [1.165, 1.54) is 16.8 Å². The summed E-state index contributed by atoms with van der Waals surface area (Å²) in [5.41, 5.74) is 4.06. The summed E-state index contributed by atoms with van der Waals surface area (Å²) in [7, 11) is 2.00. The molecule has 3 nitrogen and oxygen atoms in total. The van der Waals surface area contributed by atoms with Gasteiger partial charge in [-0.2, -0.15) is 5.10 Å². The number of aryl methyl sites for hydroxylation is 1. The first-order valence-corrected chi connectivity index (χ1v) is 7.18. The lowest BCUT2D eigenvalue weighted by molar-refractivity contribution is 0.461. The van der Waals surface area contributed by atoms with Gasteiger partial charge in [-0.1, -0.05) is 45.0 Å². The molecule has 1 aromatic heterocycles. The van der Waals surface area contributed by atoms with Crippen molar-refractivity contribution in [3.8, 4) is 0 Å². The standard InChI is InChI=1S/C17H25N3/c1-13-10-11-19-20(13)12-16(18-5)14-6-8-15(9-7-14)17(2,3)4/h6-11,16,18H,12H2,1-5H3. The van der Waals surface area contributed by atoms with Crippen LogP contribution in [0.5, 0.6) is 0 Å². The van der Waals surface area contributed by atoms with E-state index in [0.717, 1.165) is 6.54 Å². The first-order chi connectivity index (χ1) is 9.41. The highest BCUT2D eigenvalue weighted by Crippen LogP contribution is 2.24. The van der Waals surface area contributed by atoms with Crippen molar-refractivity contribution in [2.75, 3.05) is 7.05 Å². The van der Waals surface area contributed by atoms with Gasteiger partial charge in [-0.05, 0) is 36.6 Å². The number of nitrogens with one attached hydrogen (secondary N) is 1. The zero-order valence-corrected chi connectivity index (χ0v) is 13.1. The van der Waals surface area contributed by atoms with Crippen molar-refractivity contribution in [3.63, 3.8) is 0 Å². The van der Waals surface area contributed by atoms with Gasteiger partial charge in [0.1, 0.15) is 0 Å². The van der Waals surface area contributed by atoms with Crippen LogP contribution >= 0.6 is 0 Å². The van der Waals surface area contributed by atoms with E-state index in [2.05, 4.69) is 62.4 Å². The highest BCUT2D eigenvalue weighted by Gasteiger charge is 2.15. The second-order valence-electron chi connectivity index (χ2n) is 6.37. The summed E-state index contributed by atoms with van der Waals surface area (Å²) in [5, 5.41) is 7.74. The van der Waals surface area contributed by atoms with Crippen LogP contribution in [0.2, 0.25) is 0 Å². The van der Waals surface area contributed by atoms with Gasteiger partial charge in [-0.3, -0.25) is 4.68 Å². The van der Waals surface area contributed by atoms with Crippen molar-refractivity contribution in [2.45, 2.75) is 45.7 Å². The minimum Gasteiger partial charge on any atom is -0.311 e. The fraction of sp³-hybridized carbons (Fsp3) is 0.471. The Labute approximate surface area is 122 Å². The molecule has 0 spiro atoms. The Morgan fingerprint density at radius 3 is 2.25 bits per heavy atom. The number of hydrogen-bond acceptors (Lipinski definition) is 2. The van der Waals surface area contributed by atoms with Crippen molar-refractivity contribution >= 4 is 0 Å². The molecule has 0 aliphatic heterocycles. The predicted molar refractivity (Wildman–Crippen MR) is 83.9 cm³/mol. The molecule has 1 heterocycles. The van der Waals surface area contributed by atoms with E-state index in [1.54, 1.807) is 0 Å². The monoisotopic (exact) mass is 271 g/mol. The Balaban J connectivity index is 2.18. The molecule has 2 rings (SSSR count). The van der Waals surface area contributed by atoms with Gasteiger partial charge in [0.15, 0.2) is 0 Å². The first kappa shape index (κ1) is 14.8. The molecule has 1 unspecified atom stereocenters. The van der Waals surface area contributed by atoms with E-state index in [-0.39, 0.29) is 11.5 Å². The Hall–Kier alpha value is -1.61. The Bertz CT molecular complexity index is 546. The molecule has 1 atom stereocenters. The lowest BCUT2D eigenvalue weighted by atomic mass is 9.86. The van der Waals surface area contributed by atoms with Gasteiger partial charge >= 0.3 is 0 Å². The first-order valence-electron chi connectivity index (χ1n) is 7.18. The minimum atomic E-state index is 0.201. The molecule has 0 bridgehead atoms. The zero-order valence-electron chi connectivity index (χ0n) is 13.1. The van der Waals surface area contributed by atoms with Gasteiger partial charge in [0.25, 0.3) is 0 Å². The van der Waals surface area contributed by atoms with Gasteiger partial charge in [0.2, 0.25) is 0 Å². The number of aromatic nitrogens is 2. The maximum atomic E-state index is 4.36. The quantitative estimate of drug-likeness (QED) is 0.923. The number of likely N-dealkylation sites (N-methyl/N-ethyl adjacent to an activating group) is 1.